The van der Waals surface area contributed by atoms with Gasteiger partial charge in [0, 0.05) is 42.3 Å². The Morgan fingerprint density at radius 1 is 1.32 bits per heavy atom. The highest BCUT2D eigenvalue weighted by Crippen LogP contribution is 2.41. The van der Waals surface area contributed by atoms with Crippen molar-refractivity contribution in [2.75, 3.05) is 44.9 Å². The molecule has 0 atom stereocenters. The second kappa shape index (κ2) is 10.6. The van der Waals surface area contributed by atoms with Crippen LogP contribution >= 0.6 is 11.6 Å². The number of carbonyl (C=O) groups excluding carboxylic acids is 2. The fraction of sp³-hybridized carbons (Fsp3) is 0.320. The van der Waals surface area contributed by atoms with Crippen molar-refractivity contribution in [2.45, 2.75) is 20.4 Å². The van der Waals surface area contributed by atoms with Crippen molar-refractivity contribution < 1.29 is 14.3 Å². The van der Waals surface area contributed by atoms with Crippen molar-refractivity contribution in [1.82, 2.24) is 30.2 Å². The van der Waals surface area contributed by atoms with Crippen LogP contribution in [0.3, 0.4) is 0 Å². The van der Waals surface area contributed by atoms with Crippen molar-refractivity contribution in [3.63, 3.8) is 0 Å². The number of carbonyl (C=O) groups is 2. The van der Waals surface area contributed by atoms with E-state index in [1.807, 2.05) is 32.8 Å². The molecule has 0 bridgehead atoms. The Kier molecular flexibility index (Phi) is 7.46. The number of halogens is 1. The molecule has 1 aliphatic heterocycles. The van der Waals surface area contributed by atoms with Gasteiger partial charge in [-0.05, 0) is 40.1 Å². The van der Waals surface area contributed by atoms with Crippen molar-refractivity contribution in [2.24, 2.45) is 0 Å². The number of rotatable bonds is 8. The SMILES string of the molecule is COc1c(C)cnc(CN2C(=O)/C(=C\c3cc(C(=O)NCCN(C)C)c[nH]3)c3c(Cl)nc(N)nc32)c1C. The number of nitrogens with zero attached hydrogens (tertiary/aromatic N) is 5. The lowest BCUT2D eigenvalue weighted by Crippen LogP contribution is -2.31. The van der Waals surface area contributed by atoms with E-state index in [1.165, 1.54) is 4.90 Å². The number of fused-ring (bicyclic) bond motifs is 1. The van der Waals surface area contributed by atoms with Crippen molar-refractivity contribution in [3.8, 4) is 5.75 Å². The lowest BCUT2D eigenvalue weighted by atomic mass is 10.1. The van der Waals surface area contributed by atoms with Crippen molar-refractivity contribution >= 4 is 46.8 Å². The van der Waals surface area contributed by atoms with Crippen LogP contribution in [0.2, 0.25) is 5.15 Å². The highest BCUT2D eigenvalue weighted by atomic mass is 35.5. The highest BCUT2D eigenvalue weighted by molar-refractivity contribution is 6.41. The molecule has 12 heteroatoms. The molecule has 4 rings (SSSR count). The minimum Gasteiger partial charge on any atom is -0.496 e. The first kappa shape index (κ1) is 26.1. The number of nitrogens with one attached hydrogen (secondary N) is 2. The summed E-state index contributed by atoms with van der Waals surface area (Å²) >= 11 is 6.44. The normalized spacial score (nSPS) is 14.0. The van der Waals surface area contributed by atoms with Crippen molar-refractivity contribution in [3.05, 3.63) is 57.3 Å². The highest BCUT2D eigenvalue weighted by Gasteiger charge is 2.37. The number of H-pyrrole nitrogens is 1. The first-order chi connectivity index (χ1) is 17.6. The molecule has 1 aliphatic rings. The van der Waals surface area contributed by atoms with Crippen LogP contribution in [-0.2, 0) is 11.3 Å². The largest absolute Gasteiger partial charge is 0.496 e. The number of aromatic nitrogens is 4. The van der Waals surface area contributed by atoms with Gasteiger partial charge in [0.15, 0.2) is 5.82 Å². The molecule has 0 radical (unpaired) electrons. The van der Waals surface area contributed by atoms with Gasteiger partial charge in [0.1, 0.15) is 10.9 Å². The third-order valence-corrected chi connectivity index (χ3v) is 6.31. The zero-order chi connectivity index (χ0) is 26.9. The van der Waals surface area contributed by atoms with E-state index in [2.05, 4.69) is 25.3 Å². The number of aromatic amines is 1. The minimum absolute atomic E-state index is 0.0504. The summed E-state index contributed by atoms with van der Waals surface area (Å²) in [6.45, 7) is 5.15. The predicted molar refractivity (Wildman–Crippen MR) is 142 cm³/mol. The summed E-state index contributed by atoms with van der Waals surface area (Å²) in [5, 5.41) is 2.92. The lowest BCUT2D eigenvalue weighted by Gasteiger charge is -2.19. The lowest BCUT2D eigenvalue weighted by molar-refractivity contribution is -0.113. The maximum absolute atomic E-state index is 13.6. The Hall–Kier alpha value is -3.96. The molecule has 0 saturated carbocycles. The molecule has 0 saturated heterocycles. The number of amides is 2. The van der Waals surface area contributed by atoms with E-state index in [-0.39, 0.29) is 35.0 Å². The van der Waals surface area contributed by atoms with Crippen LogP contribution in [0.15, 0.2) is 18.5 Å². The number of hydrogen-bond acceptors (Lipinski definition) is 8. The van der Waals surface area contributed by atoms with E-state index >= 15 is 0 Å². The number of likely N-dealkylation sites (N-methyl/N-ethyl adjacent to an activating group) is 1. The Labute approximate surface area is 219 Å². The van der Waals surface area contributed by atoms with Gasteiger partial charge in [-0.3, -0.25) is 19.5 Å². The van der Waals surface area contributed by atoms with Gasteiger partial charge in [0.25, 0.3) is 11.8 Å². The maximum atomic E-state index is 13.6. The zero-order valence-electron chi connectivity index (χ0n) is 21.3. The standard InChI is InChI=1S/C25H29ClN8O3/c1-13-10-30-18(14(2)20(13)37-5)12-34-22-19(21(26)31-25(27)32-22)17(24(34)36)9-16-8-15(11-29-16)23(35)28-6-7-33(3)4/h8-11,29H,6-7,12H2,1-5H3,(H,28,35)(H2,27,31,32)/b17-9-. The Morgan fingerprint density at radius 3 is 2.78 bits per heavy atom. The molecule has 3 aromatic heterocycles. The monoisotopic (exact) mass is 524 g/mol. The number of methoxy groups -OCH3 is 1. The van der Waals surface area contributed by atoms with Crippen LogP contribution in [0.1, 0.15) is 38.4 Å². The van der Waals surface area contributed by atoms with E-state index in [0.717, 1.165) is 17.7 Å². The Morgan fingerprint density at radius 2 is 2.08 bits per heavy atom. The number of nitrogens with two attached hydrogens (primary N) is 1. The van der Waals surface area contributed by atoms with E-state index < -0.39 is 0 Å². The molecule has 0 fully saturated rings. The van der Waals surface area contributed by atoms with Crippen LogP contribution in [-0.4, -0.2) is 70.9 Å². The maximum Gasteiger partial charge on any atom is 0.260 e. The fourth-order valence-electron chi connectivity index (χ4n) is 4.15. The first-order valence-electron chi connectivity index (χ1n) is 11.6. The molecule has 4 heterocycles. The smallest absolute Gasteiger partial charge is 0.260 e. The molecule has 194 valence electrons. The van der Waals surface area contributed by atoms with Crippen LogP contribution < -0.4 is 20.7 Å². The molecule has 0 spiro atoms. The third-order valence-electron chi connectivity index (χ3n) is 6.03. The number of nitrogen functional groups attached to an aromatic ring is 1. The Balaban J connectivity index is 1.68. The molecule has 0 unspecified atom stereocenters. The number of hydrogen-bond donors (Lipinski definition) is 3. The van der Waals surface area contributed by atoms with Crippen LogP contribution in [0, 0.1) is 13.8 Å². The molecule has 2 amide bonds. The van der Waals surface area contributed by atoms with Gasteiger partial charge in [-0.1, -0.05) is 11.6 Å². The van der Waals surface area contributed by atoms with Crippen LogP contribution in [0.5, 0.6) is 5.75 Å². The molecule has 37 heavy (non-hydrogen) atoms. The molecular formula is C25H29ClN8O3. The second-order valence-electron chi connectivity index (χ2n) is 8.97. The molecule has 0 aromatic carbocycles. The molecule has 4 N–H and O–H groups in total. The fourth-order valence-corrected chi connectivity index (χ4v) is 4.42. The average Bonchev–Trinajstić information content (AvgIpc) is 3.40. The Bertz CT molecular complexity index is 1400. The van der Waals surface area contributed by atoms with E-state index in [9.17, 15) is 9.59 Å². The summed E-state index contributed by atoms with van der Waals surface area (Å²) < 4.78 is 5.51. The minimum atomic E-state index is -0.343. The van der Waals surface area contributed by atoms with Gasteiger partial charge in [-0.25, -0.2) is 4.98 Å². The van der Waals surface area contributed by atoms with E-state index in [4.69, 9.17) is 22.1 Å². The summed E-state index contributed by atoms with van der Waals surface area (Å²) in [6.07, 6.45) is 4.91. The molecule has 11 nitrogen and oxygen atoms in total. The van der Waals surface area contributed by atoms with E-state index in [1.54, 1.807) is 31.6 Å². The number of aryl methyl sites for hydroxylation is 1. The van der Waals surface area contributed by atoms with Gasteiger partial charge in [0.05, 0.1) is 36.0 Å². The summed E-state index contributed by atoms with van der Waals surface area (Å²) in [5.41, 5.74) is 9.85. The zero-order valence-corrected chi connectivity index (χ0v) is 22.1. The molecule has 0 aliphatic carbocycles. The van der Waals surface area contributed by atoms with Gasteiger partial charge >= 0.3 is 0 Å². The van der Waals surface area contributed by atoms with Gasteiger partial charge in [-0.15, -0.1) is 0 Å². The van der Waals surface area contributed by atoms with E-state index in [0.29, 0.717) is 40.6 Å². The average molecular weight is 525 g/mol. The van der Waals surface area contributed by atoms with Crippen LogP contribution in [0.25, 0.3) is 11.6 Å². The first-order valence-corrected chi connectivity index (χ1v) is 12.0. The summed E-state index contributed by atoms with van der Waals surface area (Å²) in [4.78, 5) is 45.5. The van der Waals surface area contributed by atoms with Gasteiger partial charge < -0.3 is 25.7 Å². The van der Waals surface area contributed by atoms with Crippen LogP contribution in [0.4, 0.5) is 11.8 Å². The van der Waals surface area contributed by atoms with Gasteiger partial charge in [-0.2, -0.15) is 4.98 Å². The number of anilines is 2. The second-order valence-corrected chi connectivity index (χ2v) is 9.33. The number of pyridine rings is 1. The topological polar surface area (TPSA) is 142 Å². The number of ether oxygens (including phenoxy) is 1. The predicted octanol–water partition coefficient (Wildman–Crippen LogP) is 2.44. The summed E-state index contributed by atoms with van der Waals surface area (Å²) in [5.74, 6) is 0.388. The quantitative estimate of drug-likeness (QED) is 0.301. The molecular weight excluding hydrogens is 496 g/mol. The molecule has 3 aromatic rings. The van der Waals surface area contributed by atoms with Crippen molar-refractivity contribution in [1.29, 1.82) is 0 Å². The third kappa shape index (κ3) is 5.27. The summed E-state index contributed by atoms with van der Waals surface area (Å²) in [7, 11) is 5.46. The van der Waals surface area contributed by atoms with Gasteiger partial charge in [0.2, 0.25) is 5.95 Å². The summed E-state index contributed by atoms with van der Waals surface area (Å²) in [6, 6.07) is 1.66.